The van der Waals surface area contributed by atoms with Crippen molar-refractivity contribution in [3.05, 3.63) is 47.0 Å². The van der Waals surface area contributed by atoms with Gasteiger partial charge in [-0.15, -0.1) is 0 Å². The second kappa shape index (κ2) is 5.21. The van der Waals surface area contributed by atoms with Crippen LogP contribution < -0.4 is 0 Å². The lowest BCUT2D eigenvalue weighted by molar-refractivity contribution is 0.181. The van der Waals surface area contributed by atoms with Crippen LogP contribution in [0.25, 0.3) is 11.4 Å². The van der Waals surface area contributed by atoms with E-state index >= 15 is 0 Å². The smallest absolute Gasteiger partial charge is 0.161 e. The Kier molecular flexibility index (Phi) is 3.66. The molecule has 0 aliphatic rings. The molecule has 5 heteroatoms. The molecule has 0 N–H and O–H groups in total. The van der Waals surface area contributed by atoms with E-state index in [1.54, 1.807) is 25.3 Å². The molecule has 0 saturated heterocycles. The van der Waals surface area contributed by atoms with Crippen molar-refractivity contribution in [1.29, 1.82) is 0 Å². The summed E-state index contributed by atoms with van der Waals surface area (Å²) in [6, 6.07) is 7.57. The fraction of sp³-hybridized carbons (Fsp3) is 0.167. The number of halogens is 2. The van der Waals surface area contributed by atoms with Crippen molar-refractivity contribution in [2.24, 2.45) is 0 Å². The Morgan fingerprint density at radius 3 is 2.59 bits per heavy atom. The van der Waals surface area contributed by atoms with Gasteiger partial charge in [0.25, 0.3) is 0 Å². The van der Waals surface area contributed by atoms with Gasteiger partial charge in [0.2, 0.25) is 0 Å². The summed E-state index contributed by atoms with van der Waals surface area (Å²) in [6.45, 7) is 0.358. The summed E-state index contributed by atoms with van der Waals surface area (Å²) in [6.07, 6.45) is 0. The average molecular weight is 253 g/mol. The Hall–Kier alpha value is -1.52. The number of rotatable bonds is 3. The number of nitrogens with zero attached hydrogens (tertiary/aromatic N) is 2. The Bertz CT molecular complexity index is 516. The first kappa shape index (κ1) is 12.0. The summed E-state index contributed by atoms with van der Waals surface area (Å²) in [5.41, 5.74) is 1.40. The van der Waals surface area contributed by atoms with E-state index < -0.39 is 0 Å². The van der Waals surface area contributed by atoms with Crippen LogP contribution in [0.2, 0.25) is 5.15 Å². The van der Waals surface area contributed by atoms with Gasteiger partial charge in [-0.25, -0.2) is 14.4 Å². The summed E-state index contributed by atoms with van der Waals surface area (Å²) in [7, 11) is 1.58. The first-order valence-electron chi connectivity index (χ1n) is 4.97. The van der Waals surface area contributed by atoms with Crippen molar-refractivity contribution in [3.8, 4) is 11.4 Å². The van der Waals surface area contributed by atoms with Crippen molar-refractivity contribution in [1.82, 2.24) is 9.97 Å². The summed E-state index contributed by atoms with van der Waals surface area (Å²) in [5, 5.41) is 0.339. The molecular formula is C12H10ClFN2O. The molecular weight excluding hydrogens is 243 g/mol. The van der Waals surface area contributed by atoms with Gasteiger partial charge in [-0.1, -0.05) is 11.6 Å². The van der Waals surface area contributed by atoms with Crippen molar-refractivity contribution in [3.63, 3.8) is 0 Å². The van der Waals surface area contributed by atoms with Gasteiger partial charge in [0.05, 0.1) is 12.3 Å². The maximum atomic E-state index is 12.8. The second-order valence-corrected chi connectivity index (χ2v) is 3.83. The molecule has 17 heavy (non-hydrogen) atoms. The minimum atomic E-state index is -0.298. The van der Waals surface area contributed by atoms with Crippen LogP contribution in [0.1, 0.15) is 5.69 Å². The van der Waals surface area contributed by atoms with Crippen LogP contribution in [0.15, 0.2) is 30.3 Å². The Balaban J connectivity index is 2.40. The lowest BCUT2D eigenvalue weighted by atomic mass is 10.2. The van der Waals surface area contributed by atoms with Crippen LogP contribution in [0.3, 0.4) is 0 Å². The first-order valence-corrected chi connectivity index (χ1v) is 5.35. The first-order chi connectivity index (χ1) is 8.19. The molecule has 2 aromatic rings. The van der Waals surface area contributed by atoms with Crippen LogP contribution in [0.4, 0.5) is 4.39 Å². The third kappa shape index (κ3) is 2.99. The second-order valence-electron chi connectivity index (χ2n) is 3.45. The third-order valence-electron chi connectivity index (χ3n) is 2.14. The number of ether oxygens (including phenoxy) is 1. The van der Waals surface area contributed by atoms with Gasteiger partial charge in [-0.2, -0.15) is 0 Å². The van der Waals surface area contributed by atoms with Gasteiger partial charge >= 0.3 is 0 Å². The molecule has 0 aliphatic carbocycles. The molecule has 0 fully saturated rings. The topological polar surface area (TPSA) is 35.0 Å². The molecule has 1 aromatic heterocycles. The highest BCUT2D eigenvalue weighted by atomic mass is 35.5. The standard InChI is InChI=1S/C12H10ClFN2O/c1-17-7-10-6-11(13)16-12(15-10)8-2-4-9(14)5-3-8/h2-6H,7H2,1H3. The number of aromatic nitrogens is 2. The van der Waals surface area contributed by atoms with Gasteiger partial charge in [0.15, 0.2) is 5.82 Å². The predicted molar refractivity (Wildman–Crippen MR) is 63.1 cm³/mol. The van der Waals surface area contributed by atoms with E-state index in [9.17, 15) is 4.39 Å². The lowest BCUT2D eigenvalue weighted by Crippen LogP contribution is -1.97. The predicted octanol–water partition coefficient (Wildman–Crippen LogP) is 3.08. The lowest BCUT2D eigenvalue weighted by Gasteiger charge is -2.04. The highest BCUT2D eigenvalue weighted by molar-refractivity contribution is 6.29. The van der Waals surface area contributed by atoms with Crippen LogP contribution >= 0.6 is 11.6 Å². The fourth-order valence-electron chi connectivity index (χ4n) is 1.41. The Morgan fingerprint density at radius 2 is 1.94 bits per heavy atom. The number of benzene rings is 1. The average Bonchev–Trinajstić information content (AvgIpc) is 2.29. The van der Waals surface area contributed by atoms with Gasteiger partial charge in [-0.05, 0) is 30.3 Å². The van der Waals surface area contributed by atoms with Crippen LogP contribution in [0, 0.1) is 5.82 Å². The quantitative estimate of drug-likeness (QED) is 0.788. The van der Waals surface area contributed by atoms with Gasteiger partial charge < -0.3 is 4.74 Å². The van der Waals surface area contributed by atoms with E-state index in [0.717, 1.165) is 0 Å². The van der Waals surface area contributed by atoms with Crippen molar-refractivity contribution >= 4 is 11.6 Å². The van der Waals surface area contributed by atoms with Crippen molar-refractivity contribution in [2.75, 3.05) is 7.11 Å². The highest BCUT2D eigenvalue weighted by Crippen LogP contribution is 2.18. The minimum absolute atomic E-state index is 0.298. The number of methoxy groups -OCH3 is 1. The minimum Gasteiger partial charge on any atom is -0.378 e. The zero-order chi connectivity index (χ0) is 12.3. The molecule has 0 bridgehead atoms. The normalized spacial score (nSPS) is 10.5. The number of hydrogen-bond donors (Lipinski definition) is 0. The van der Waals surface area contributed by atoms with Crippen LogP contribution in [-0.4, -0.2) is 17.1 Å². The molecule has 0 radical (unpaired) electrons. The molecule has 1 aromatic carbocycles. The largest absolute Gasteiger partial charge is 0.378 e. The molecule has 0 spiro atoms. The van der Waals surface area contributed by atoms with E-state index in [1.807, 2.05) is 0 Å². The summed E-state index contributed by atoms with van der Waals surface area (Å²) < 4.78 is 17.8. The van der Waals surface area contributed by atoms with Gasteiger partial charge in [0.1, 0.15) is 11.0 Å². The van der Waals surface area contributed by atoms with Crippen LogP contribution in [0.5, 0.6) is 0 Å². The van der Waals surface area contributed by atoms with Crippen LogP contribution in [-0.2, 0) is 11.3 Å². The zero-order valence-corrected chi connectivity index (χ0v) is 9.91. The summed E-state index contributed by atoms with van der Waals surface area (Å²) >= 11 is 5.89. The van der Waals surface area contributed by atoms with Crippen molar-refractivity contribution < 1.29 is 9.13 Å². The molecule has 0 aliphatic heterocycles. The zero-order valence-electron chi connectivity index (χ0n) is 9.15. The van der Waals surface area contributed by atoms with Gasteiger partial charge in [-0.3, -0.25) is 0 Å². The molecule has 3 nitrogen and oxygen atoms in total. The molecule has 0 atom stereocenters. The SMILES string of the molecule is COCc1cc(Cl)nc(-c2ccc(F)cc2)n1. The Morgan fingerprint density at radius 1 is 1.24 bits per heavy atom. The molecule has 0 unspecified atom stereocenters. The molecule has 0 saturated carbocycles. The van der Waals surface area contributed by atoms with E-state index in [0.29, 0.717) is 28.8 Å². The Labute approximate surface area is 103 Å². The summed E-state index contributed by atoms with van der Waals surface area (Å²) in [4.78, 5) is 8.37. The fourth-order valence-corrected chi connectivity index (χ4v) is 1.62. The molecule has 0 amide bonds. The summed E-state index contributed by atoms with van der Waals surface area (Å²) in [5.74, 6) is 0.164. The maximum Gasteiger partial charge on any atom is 0.161 e. The van der Waals surface area contributed by atoms with Crippen molar-refractivity contribution in [2.45, 2.75) is 6.61 Å². The molecule has 2 rings (SSSR count). The van der Waals surface area contributed by atoms with E-state index in [1.165, 1.54) is 12.1 Å². The van der Waals surface area contributed by atoms with E-state index in [2.05, 4.69) is 9.97 Å². The third-order valence-corrected chi connectivity index (χ3v) is 2.34. The van der Waals surface area contributed by atoms with E-state index in [4.69, 9.17) is 16.3 Å². The monoisotopic (exact) mass is 252 g/mol. The van der Waals surface area contributed by atoms with E-state index in [-0.39, 0.29) is 5.82 Å². The maximum absolute atomic E-state index is 12.8. The number of hydrogen-bond acceptors (Lipinski definition) is 3. The van der Waals surface area contributed by atoms with Gasteiger partial charge in [0, 0.05) is 12.7 Å². The molecule has 88 valence electrons. The highest BCUT2D eigenvalue weighted by Gasteiger charge is 2.06. The molecule has 1 heterocycles.